The fourth-order valence-electron chi connectivity index (χ4n) is 2.07. The van der Waals surface area contributed by atoms with E-state index in [9.17, 15) is 0 Å². The summed E-state index contributed by atoms with van der Waals surface area (Å²) in [6.07, 6.45) is 3.44. The highest BCUT2D eigenvalue weighted by atomic mass is 79.9. The van der Waals surface area contributed by atoms with E-state index in [1.54, 1.807) is 19.5 Å². The Morgan fingerprint density at radius 1 is 1.29 bits per heavy atom. The van der Waals surface area contributed by atoms with Crippen molar-refractivity contribution in [1.82, 2.24) is 10.4 Å². The first kappa shape index (κ1) is 15.8. The van der Waals surface area contributed by atoms with Crippen LogP contribution in [0.1, 0.15) is 24.1 Å². The lowest BCUT2D eigenvalue weighted by molar-refractivity contribution is 0.338. The Hall–Kier alpha value is -1.63. The number of hydrogen-bond acceptors (Lipinski definition) is 5. The largest absolute Gasteiger partial charge is 0.497 e. The van der Waals surface area contributed by atoms with Gasteiger partial charge in [-0.15, -0.1) is 0 Å². The molecule has 0 fully saturated rings. The number of benzene rings is 1. The van der Waals surface area contributed by atoms with Crippen LogP contribution in [0.25, 0.3) is 0 Å². The summed E-state index contributed by atoms with van der Waals surface area (Å²) in [4.78, 5) is 4.20. The van der Waals surface area contributed by atoms with Crippen molar-refractivity contribution in [3.63, 3.8) is 0 Å². The quantitative estimate of drug-likeness (QED) is 0.618. The highest BCUT2D eigenvalue weighted by Gasteiger charge is 2.17. The standard InChI is InChI=1S/C15H18BrN3O2/c1-3-21-12-6-10(8-18-9-12)15(19-17)13-7-11(20-2)4-5-14(13)16/h4-9,15,19H,3,17H2,1-2H3. The highest BCUT2D eigenvalue weighted by molar-refractivity contribution is 9.10. The van der Waals surface area contributed by atoms with Gasteiger partial charge in [0.05, 0.1) is 26.0 Å². The van der Waals surface area contributed by atoms with Gasteiger partial charge in [-0.2, -0.15) is 0 Å². The minimum absolute atomic E-state index is 0.220. The molecule has 1 aromatic heterocycles. The summed E-state index contributed by atoms with van der Waals surface area (Å²) in [6.45, 7) is 2.53. The number of hydrazine groups is 1. The SMILES string of the molecule is CCOc1cncc(C(NN)c2cc(OC)ccc2Br)c1. The molecule has 6 heteroatoms. The maximum Gasteiger partial charge on any atom is 0.137 e. The van der Waals surface area contributed by atoms with Crippen LogP contribution in [0.2, 0.25) is 0 Å². The molecule has 0 spiro atoms. The van der Waals surface area contributed by atoms with Crippen LogP contribution in [-0.2, 0) is 0 Å². The molecule has 1 atom stereocenters. The molecule has 3 N–H and O–H groups in total. The third kappa shape index (κ3) is 3.72. The zero-order valence-electron chi connectivity index (χ0n) is 12.0. The van der Waals surface area contributed by atoms with Crippen LogP contribution in [0.15, 0.2) is 41.1 Å². The Bertz CT molecular complexity index is 607. The lowest BCUT2D eigenvalue weighted by atomic mass is 10.0. The van der Waals surface area contributed by atoms with Crippen molar-refractivity contribution in [2.24, 2.45) is 5.84 Å². The number of hydrogen-bond donors (Lipinski definition) is 2. The molecular formula is C15H18BrN3O2. The maximum atomic E-state index is 5.74. The van der Waals surface area contributed by atoms with Gasteiger partial charge in [0.15, 0.2) is 0 Å². The number of rotatable bonds is 6. The number of pyridine rings is 1. The first-order chi connectivity index (χ1) is 10.2. The Labute approximate surface area is 132 Å². The molecule has 2 rings (SSSR count). The van der Waals surface area contributed by atoms with E-state index in [0.29, 0.717) is 12.4 Å². The van der Waals surface area contributed by atoms with Gasteiger partial charge < -0.3 is 9.47 Å². The molecule has 0 radical (unpaired) electrons. The lowest BCUT2D eigenvalue weighted by Gasteiger charge is -2.19. The van der Waals surface area contributed by atoms with Crippen molar-refractivity contribution in [3.05, 3.63) is 52.3 Å². The number of nitrogens with zero attached hydrogens (tertiary/aromatic N) is 1. The highest BCUT2D eigenvalue weighted by Crippen LogP contribution is 2.32. The number of aromatic nitrogens is 1. The van der Waals surface area contributed by atoms with Crippen molar-refractivity contribution >= 4 is 15.9 Å². The first-order valence-electron chi connectivity index (χ1n) is 6.57. The monoisotopic (exact) mass is 351 g/mol. The number of nitrogens with two attached hydrogens (primary N) is 1. The fourth-order valence-corrected chi connectivity index (χ4v) is 2.55. The summed E-state index contributed by atoms with van der Waals surface area (Å²) in [6, 6.07) is 7.45. The summed E-state index contributed by atoms with van der Waals surface area (Å²) in [5.74, 6) is 7.22. The predicted octanol–water partition coefficient (Wildman–Crippen LogP) is 2.80. The molecule has 0 bridgehead atoms. The molecule has 5 nitrogen and oxygen atoms in total. The topological polar surface area (TPSA) is 69.4 Å². The van der Waals surface area contributed by atoms with Gasteiger partial charge in [0.25, 0.3) is 0 Å². The van der Waals surface area contributed by atoms with Crippen LogP contribution < -0.4 is 20.7 Å². The summed E-state index contributed by atoms with van der Waals surface area (Å²) in [5.41, 5.74) is 4.69. The van der Waals surface area contributed by atoms with Crippen LogP contribution in [0, 0.1) is 0 Å². The lowest BCUT2D eigenvalue weighted by Crippen LogP contribution is -2.29. The molecule has 1 unspecified atom stereocenters. The van der Waals surface area contributed by atoms with Crippen molar-refractivity contribution in [2.75, 3.05) is 13.7 Å². The second kappa shape index (κ2) is 7.40. The van der Waals surface area contributed by atoms with E-state index in [4.69, 9.17) is 15.3 Å². The van der Waals surface area contributed by atoms with Gasteiger partial charge in [-0.05, 0) is 42.3 Å². The van der Waals surface area contributed by atoms with Gasteiger partial charge in [-0.3, -0.25) is 10.8 Å². The van der Waals surface area contributed by atoms with Crippen LogP contribution in [0.4, 0.5) is 0 Å². The van der Waals surface area contributed by atoms with E-state index in [2.05, 4.69) is 26.3 Å². The van der Waals surface area contributed by atoms with E-state index in [1.807, 2.05) is 31.2 Å². The molecule has 112 valence electrons. The minimum Gasteiger partial charge on any atom is -0.497 e. The van der Waals surface area contributed by atoms with Gasteiger partial charge in [0.2, 0.25) is 0 Å². The molecule has 0 saturated heterocycles. The van der Waals surface area contributed by atoms with Crippen LogP contribution >= 0.6 is 15.9 Å². The molecule has 2 aromatic rings. The van der Waals surface area contributed by atoms with Crippen LogP contribution in [-0.4, -0.2) is 18.7 Å². The van der Waals surface area contributed by atoms with Gasteiger partial charge in [0.1, 0.15) is 11.5 Å². The van der Waals surface area contributed by atoms with E-state index in [0.717, 1.165) is 21.3 Å². The summed E-state index contributed by atoms with van der Waals surface area (Å²) in [7, 11) is 1.63. The Kier molecular flexibility index (Phi) is 5.55. The van der Waals surface area contributed by atoms with Gasteiger partial charge in [-0.1, -0.05) is 15.9 Å². The molecule has 0 aliphatic heterocycles. The normalized spacial score (nSPS) is 12.0. The van der Waals surface area contributed by atoms with Crippen molar-refractivity contribution in [2.45, 2.75) is 13.0 Å². The van der Waals surface area contributed by atoms with Crippen molar-refractivity contribution in [3.8, 4) is 11.5 Å². The summed E-state index contributed by atoms with van der Waals surface area (Å²) < 4.78 is 11.7. The third-order valence-electron chi connectivity index (χ3n) is 3.06. The third-order valence-corrected chi connectivity index (χ3v) is 3.78. The first-order valence-corrected chi connectivity index (χ1v) is 7.36. The average molecular weight is 352 g/mol. The number of nitrogens with one attached hydrogen (secondary N) is 1. The molecule has 1 aromatic carbocycles. The van der Waals surface area contributed by atoms with Gasteiger partial charge in [0, 0.05) is 10.7 Å². The summed E-state index contributed by atoms with van der Waals surface area (Å²) >= 11 is 3.54. The van der Waals surface area contributed by atoms with E-state index >= 15 is 0 Å². The fraction of sp³-hybridized carbons (Fsp3) is 0.267. The number of methoxy groups -OCH3 is 1. The average Bonchev–Trinajstić information content (AvgIpc) is 2.51. The zero-order chi connectivity index (χ0) is 15.2. The van der Waals surface area contributed by atoms with Crippen molar-refractivity contribution in [1.29, 1.82) is 0 Å². The molecule has 0 saturated carbocycles. The van der Waals surface area contributed by atoms with Crippen molar-refractivity contribution < 1.29 is 9.47 Å². The Morgan fingerprint density at radius 3 is 2.76 bits per heavy atom. The molecule has 0 aliphatic rings. The molecule has 0 aliphatic carbocycles. The van der Waals surface area contributed by atoms with Gasteiger partial charge in [-0.25, -0.2) is 5.43 Å². The molecule has 1 heterocycles. The maximum absolute atomic E-state index is 5.74. The molecule has 0 amide bonds. The number of ether oxygens (including phenoxy) is 2. The summed E-state index contributed by atoms with van der Waals surface area (Å²) in [5, 5.41) is 0. The van der Waals surface area contributed by atoms with Crippen LogP contribution in [0.5, 0.6) is 11.5 Å². The predicted molar refractivity (Wildman–Crippen MR) is 85.3 cm³/mol. The Balaban J connectivity index is 2.41. The zero-order valence-corrected chi connectivity index (χ0v) is 13.6. The van der Waals surface area contributed by atoms with E-state index in [-0.39, 0.29) is 6.04 Å². The Morgan fingerprint density at radius 2 is 2.10 bits per heavy atom. The van der Waals surface area contributed by atoms with Gasteiger partial charge >= 0.3 is 0 Å². The smallest absolute Gasteiger partial charge is 0.137 e. The molecule has 21 heavy (non-hydrogen) atoms. The van der Waals surface area contributed by atoms with E-state index < -0.39 is 0 Å². The van der Waals surface area contributed by atoms with Crippen LogP contribution in [0.3, 0.4) is 0 Å². The second-order valence-corrected chi connectivity index (χ2v) is 5.23. The number of halogens is 1. The van der Waals surface area contributed by atoms with E-state index in [1.165, 1.54) is 0 Å². The molecular weight excluding hydrogens is 334 g/mol. The minimum atomic E-state index is -0.220. The second-order valence-electron chi connectivity index (χ2n) is 4.37.